The Labute approximate surface area is 177 Å². The third-order valence-electron chi connectivity index (χ3n) is 5.04. The van der Waals surface area contributed by atoms with Gasteiger partial charge in [-0.3, -0.25) is 0 Å². The van der Waals surface area contributed by atoms with Crippen LogP contribution in [0.15, 0.2) is 77.9 Å². The molecule has 0 bridgehead atoms. The molecule has 1 aliphatic rings. The third-order valence-corrected chi connectivity index (χ3v) is 5.36. The molecule has 1 N–H and O–H groups in total. The molecular formula is C25H27ClO3. The predicted molar refractivity (Wildman–Crippen MR) is 120 cm³/mol. The molecule has 4 heteroatoms. The Morgan fingerprint density at radius 1 is 1.28 bits per heavy atom. The summed E-state index contributed by atoms with van der Waals surface area (Å²) >= 11 is 6.24. The zero-order chi connectivity index (χ0) is 20.6. The van der Waals surface area contributed by atoms with Crippen LogP contribution < -0.4 is 4.74 Å². The van der Waals surface area contributed by atoms with E-state index in [1.54, 1.807) is 12.1 Å². The van der Waals surface area contributed by atoms with Crippen molar-refractivity contribution in [2.75, 3.05) is 13.2 Å². The summed E-state index contributed by atoms with van der Waals surface area (Å²) in [6.07, 6.45) is 6.96. The lowest BCUT2D eigenvalue weighted by atomic mass is 9.96. The molecule has 0 aromatic heterocycles. The first-order valence-corrected chi connectivity index (χ1v) is 10.3. The van der Waals surface area contributed by atoms with Crippen molar-refractivity contribution in [1.29, 1.82) is 0 Å². The molecule has 1 atom stereocenters. The van der Waals surface area contributed by atoms with Gasteiger partial charge in [0, 0.05) is 0 Å². The van der Waals surface area contributed by atoms with Gasteiger partial charge in [0.05, 0.1) is 17.7 Å². The molecule has 0 fully saturated rings. The zero-order valence-electron chi connectivity index (χ0n) is 16.7. The van der Waals surface area contributed by atoms with Crippen molar-refractivity contribution < 1.29 is 14.6 Å². The second-order valence-corrected chi connectivity index (χ2v) is 7.49. The minimum atomic E-state index is 0.0344. The first-order chi connectivity index (χ1) is 14.1. The Hall–Kier alpha value is -2.49. The van der Waals surface area contributed by atoms with E-state index in [0.29, 0.717) is 18.2 Å². The summed E-state index contributed by atoms with van der Waals surface area (Å²) in [5.41, 5.74) is 4.31. The zero-order valence-corrected chi connectivity index (χ0v) is 17.5. The minimum absolute atomic E-state index is 0.0344. The second kappa shape index (κ2) is 10.3. The Balaban J connectivity index is 1.58. The van der Waals surface area contributed by atoms with Gasteiger partial charge >= 0.3 is 0 Å². The summed E-state index contributed by atoms with van der Waals surface area (Å²) in [4.78, 5) is 0. The van der Waals surface area contributed by atoms with E-state index in [1.165, 1.54) is 5.57 Å². The third kappa shape index (κ3) is 5.99. The average Bonchev–Trinajstić information content (AvgIpc) is 3.20. The van der Waals surface area contributed by atoms with Gasteiger partial charge in [-0.15, -0.1) is 0 Å². The molecule has 1 aliphatic heterocycles. The van der Waals surface area contributed by atoms with Crippen molar-refractivity contribution in [3.8, 4) is 11.5 Å². The summed E-state index contributed by atoms with van der Waals surface area (Å²) in [6, 6.07) is 14.8. The Bertz CT molecular complexity index is 900. The molecule has 0 spiro atoms. The standard InChI is InChI=1S/C25H27ClO3/c1-3-19(15-20-10-11-21(27)16-24(20)26)9-12-25-23(13-14-28-25)18(2)17-29-22-7-5-4-6-8-22/h4-8,10-11,13,15-16,25,27H,2-3,9,12,14,17H2,1H3/b19-15+. The van der Waals surface area contributed by atoms with Crippen LogP contribution in [0.4, 0.5) is 0 Å². The van der Waals surface area contributed by atoms with Crippen LogP contribution in [-0.2, 0) is 4.74 Å². The largest absolute Gasteiger partial charge is 0.508 e. The van der Waals surface area contributed by atoms with E-state index in [9.17, 15) is 5.11 Å². The Morgan fingerprint density at radius 2 is 2.07 bits per heavy atom. The highest BCUT2D eigenvalue weighted by molar-refractivity contribution is 6.32. The van der Waals surface area contributed by atoms with Gasteiger partial charge in [-0.2, -0.15) is 0 Å². The number of phenols is 1. The molecule has 0 aliphatic carbocycles. The number of para-hydroxylation sites is 1. The van der Waals surface area contributed by atoms with Crippen LogP contribution in [0, 0.1) is 0 Å². The fourth-order valence-electron chi connectivity index (χ4n) is 3.38. The summed E-state index contributed by atoms with van der Waals surface area (Å²) in [5, 5.41) is 10.1. The smallest absolute Gasteiger partial charge is 0.119 e. The number of allylic oxidation sites excluding steroid dienone is 1. The number of rotatable bonds is 9. The number of ether oxygens (including phenoxy) is 2. The van der Waals surface area contributed by atoms with Crippen LogP contribution in [-0.4, -0.2) is 24.4 Å². The predicted octanol–water partition coefficient (Wildman–Crippen LogP) is 6.58. The maximum Gasteiger partial charge on any atom is 0.119 e. The van der Waals surface area contributed by atoms with Crippen LogP contribution in [0.5, 0.6) is 11.5 Å². The highest BCUT2D eigenvalue weighted by atomic mass is 35.5. The van der Waals surface area contributed by atoms with Gasteiger partial charge in [0.1, 0.15) is 18.1 Å². The Morgan fingerprint density at radius 3 is 2.79 bits per heavy atom. The van der Waals surface area contributed by atoms with Gasteiger partial charge in [-0.1, -0.05) is 61.0 Å². The molecule has 0 radical (unpaired) electrons. The monoisotopic (exact) mass is 410 g/mol. The van der Waals surface area contributed by atoms with Crippen LogP contribution in [0.1, 0.15) is 31.7 Å². The molecule has 2 aromatic carbocycles. The minimum Gasteiger partial charge on any atom is -0.508 e. The molecular weight excluding hydrogens is 384 g/mol. The summed E-state index contributed by atoms with van der Waals surface area (Å²) < 4.78 is 11.8. The van der Waals surface area contributed by atoms with E-state index in [0.717, 1.165) is 41.7 Å². The van der Waals surface area contributed by atoms with Crippen molar-refractivity contribution in [2.45, 2.75) is 32.3 Å². The van der Waals surface area contributed by atoms with Gasteiger partial charge in [0.25, 0.3) is 0 Å². The number of halogens is 1. The number of benzene rings is 2. The highest BCUT2D eigenvalue weighted by Gasteiger charge is 2.22. The van der Waals surface area contributed by atoms with Crippen molar-refractivity contribution in [3.05, 3.63) is 88.5 Å². The molecule has 1 heterocycles. The van der Waals surface area contributed by atoms with Gasteiger partial charge in [-0.25, -0.2) is 0 Å². The number of hydrogen-bond donors (Lipinski definition) is 1. The van der Waals surface area contributed by atoms with Crippen molar-refractivity contribution >= 4 is 17.7 Å². The molecule has 2 aromatic rings. The maximum atomic E-state index is 9.53. The lowest BCUT2D eigenvalue weighted by molar-refractivity contribution is 0.116. The van der Waals surface area contributed by atoms with E-state index < -0.39 is 0 Å². The first-order valence-electron chi connectivity index (χ1n) is 9.92. The van der Waals surface area contributed by atoms with Gasteiger partial charge < -0.3 is 14.6 Å². The molecule has 152 valence electrons. The second-order valence-electron chi connectivity index (χ2n) is 7.09. The van der Waals surface area contributed by atoms with Crippen molar-refractivity contribution in [3.63, 3.8) is 0 Å². The number of hydrogen-bond acceptors (Lipinski definition) is 3. The van der Waals surface area contributed by atoms with Crippen molar-refractivity contribution in [1.82, 2.24) is 0 Å². The molecule has 1 unspecified atom stereocenters. The van der Waals surface area contributed by atoms with Crippen LogP contribution in [0.25, 0.3) is 6.08 Å². The van der Waals surface area contributed by atoms with E-state index in [-0.39, 0.29) is 11.9 Å². The topological polar surface area (TPSA) is 38.7 Å². The average molecular weight is 411 g/mol. The normalized spacial score (nSPS) is 16.6. The molecule has 0 amide bonds. The summed E-state index contributed by atoms with van der Waals surface area (Å²) in [6.45, 7) is 7.41. The molecule has 0 saturated heterocycles. The number of phenolic OH excluding ortho intramolecular Hbond substituents is 1. The molecule has 0 saturated carbocycles. The van der Waals surface area contributed by atoms with E-state index in [4.69, 9.17) is 21.1 Å². The first kappa shape index (κ1) is 21.2. The highest BCUT2D eigenvalue weighted by Crippen LogP contribution is 2.29. The SMILES string of the molecule is C=C(COc1ccccc1)C1=CCOC1CC/C(=C/c1ccc(O)cc1Cl)CC. The quantitative estimate of drug-likeness (QED) is 0.507. The van der Waals surface area contributed by atoms with Gasteiger partial charge in [-0.05, 0) is 66.3 Å². The van der Waals surface area contributed by atoms with Crippen LogP contribution >= 0.6 is 11.6 Å². The summed E-state index contributed by atoms with van der Waals surface area (Å²) in [7, 11) is 0. The van der Waals surface area contributed by atoms with Gasteiger partial charge in [0.15, 0.2) is 0 Å². The fraction of sp³-hybridized carbons (Fsp3) is 0.280. The van der Waals surface area contributed by atoms with E-state index in [1.807, 2.05) is 36.4 Å². The van der Waals surface area contributed by atoms with E-state index >= 15 is 0 Å². The van der Waals surface area contributed by atoms with Crippen LogP contribution in [0.2, 0.25) is 5.02 Å². The van der Waals surface area contributed by atoms with E-state index in [2.05, 4.69) is 25.7 Å². The lowest BCUT2D eigenvalue weighted by Crippen LogP contribution is -2.14. The van der Waals surface area contributed by atoms with Gasteiger partial charge in [0.2, 0.25) is 0 Å². The Kier molecular flexibility index (Phi) is 7.56. The molecule has 29 heavy (non-hydrogen) atoms. The summed E-state index contributed by atoms with van der Waals surface area (Å²) in [5.74, 6) is 1.02. The maximum absolute atomic E-state index is 9.53. The number of aromatic hydroxyl groups is 1. The lowest BCUT2D eigenvalue weighted by Gasteiger charge is -2.18. The molecule has 3 nitrogen and oxygen atoms in total. The van der Waals surface area contributed by atoms with Crippen LogP contribution in [0.3, 0.4) is 0 Å². The fourth-order valence-corrected chi connectivity index (χ4v) is 3.61. The molecule has 3 rings (SSSR count). The van der Waals surface area contributed by atoms with Crippen molar-refractivity contribution in [2.24, 2.45) is 0 Å².